The second-order valence-corrected chi connectivity index (χ2v) is 5.53. The maximum atomic E-state index is 11.0. The molecule has 1 aliphatic rings. The van der Waals surface area contributed by atoms with E-state index in [4.69, 9.17) is 9.52 Å². The lowest BCUT2D eigenvalue weighted by Gasteiger charge is -2.27. The second-order valence-electron chi connectivity index (χ2n) is 5.53. The highest BCUT2D eigenvalue weighted by atomic mass is 16.4. The molecule has 4 heteroatoms. The molecule has 0 aliphatic heterocycles. The summed E-state index contributed by atoms with van der Waals surface area (Å²) in [6.07, 6.45) is 3.55. The van der Waals surface area contributed by atoms with Gasteiger partial charge in [0.25, 0.3) is 0 Å². The highest BCUT2D eigenvalue weighted by Crippen LogP contribution is 2.25. The van der Waals surface area contributed by atoms with E-state index in [0.717, 1.165) is 42.4 Å². The summed E-state index contributed by atoms with van der Waals surface area (Å²) in [4.78, 5) is 11.0. The monoisotopic (exact) mass is 273 g/mol. The lowest BCUT2D eigenvalue weighted by molar-refractivity contribution is -0.143. The highest BCUT2D eigenvalue weighted by molar-refractivity contribution is 5.77. The molecule has 4 nitrogen and oxygen atoms in total. The Balaban J connectivity index is 1.60. The molecule has 1 aromatic carbocycles. The lowest BCUT2D eigenvalue weighted by Crippen LogP contribution is -2.35. The summed E-state index contributed by atoms with van der Waals surface area (Å²) in [5.74, 6) is 0.0424. The number of rotatable bonds is 4. The van der Waals surface area contributed by atoms with E-state index >= 15 is 0 Å². The first-order valence-electron chi connectivity index (χ1n) is 7.16. The van der Waals surface area contributed by atoms with Crippen molar-refractivity contribution in [3.05, 3.63) is 36.1 Å². The van der Waals surface area contributed by atoms with Gasteiger partial charge >= 0.3 is 5.97 Å². The fourth-order valence-electron chi connectivity index (χ4n) is 2.97. The van der Waals surface area contributed by atoms with Crippen LogP contribution < -0.4 is 5.32 Å². The molecule has 0 bridgehead atoms. The van der Waals surface area contributed by atoms with Crippen molar-refractivity contribution in [2.24, 2.45) is 5.92 Å². The molecule has 1 aromatic heterocycles. The Morgan fingerprint density at radius 1 is 1.35 bits per heavy atom. The van der Waals surface area contributed by atoms with Gasteiger partial charge in [0.15, 0.2) is 0 Å². The molecule has 3 rings (SSSR count). The molecule has 20 heavy (non-hydrogen) atoms. The third-order valence-corrected chi connectivity index (χ3v) is 4.06. The number of benzene rings is 1. The number of fused-ring (bicyclic) bond motifs is 1. The molecule has 1 heterocycles. The standard InChI is InChI=1S/C16H19NO3/c18-16(19)12-5-3-6-13(8-12)17-10-14-9-11-4-1-2-7-15(11)20-14/h1-2,4,7,9,12-13,17H,3,5-6,8,10H2,(H,18,19). The molecule has 0 amide bonds. The Morgan fingerprint density at radius 2 is 2.20 bits per heavy atom. The smallest absolute Gasteiger partial charge is 0.306 e. The van der Waals surface area contributed by atoms with Gasteiger partial charge in [-0.2, -0.15) is 0 Å². The number of hydrogen-bond donors (Lipinski definition) is 2. The Kier molecular flexibility index (Phi) is 3.74. The molecule has 0 spiro atoms. The molecular weight excluding hydrogens is 254 g/mol. The van der Waals surface area contributed by atoms with E-state index in [1.54, 1.807) is 0 Å². The van der Waals surface area contributed by atoms with Crippen LogP contribution in [0.5, 0.6) is 0 Å². The van der Waals surface area contributed by atoms with Crippen molar-refractivity contribution < 1.29 is 14.3 Å². The molecule has 106 valence electrons. The third-order valence-electron chi connectivity index (χ3n) is 4.06. The van der Waals surface area contributed by atoms with Crippen molar-refractivity contribution in [1.82, 2.24) is 5.32 Å². The number of aliphatic carboxylic acids is 1. The van der Waals surface area contributed by atoms with Crippen LogP contribution in [-0.4, -0.2) is 17.1 Å². The molecule has 2 atom stereocenters. The third kappa shape index (κ3) is 2.85. The molecular formula is C16H19NO3. The first-order valence-corrected chi connectivity index (χ1v) is 7.16. The summed E-state index contributed by atoms with van der Waals surface area (Å²) in [7, 11) is 0. The van der Waals surface area contributed by atoms with Crippen molar-refractivity contribution in [3.63, 3.8) is 0 Å². The van der Waals surface area contributed by atoms with Crippen molar-refractivity contribution >= 4 is 16.9 Å². The average Bonchev–Trinajstić information content (AvgIpc) is 2.88. The van der Waals surface area contributed by atoms with Gasteiger partial charge in [-0.1, -0.05) is 24.6 Å². The van der Waals surface area contributed by atoms with Crippen LogP contribution >= 0.6 is 0 Å². The van der Waals surface area contributed by atoms with Crippen molar-refractivity contribution in [1.29, 1.82) is 0 Å². The van der Waals surface area contributed by atoms with Crippen molar-refractivity contribution in [3.8, 4) is 0 Å². The van der Waals surface area contributed by atoms with E-state index in [-0.39, 0.29) is 12.0 Å². The van der Waals surface area contributed by atoms with E-state index in [9.17, 15) is 4.79 Å². The second kappa shape index (κ2) is 5.67. The normalized spacial score (nSPS) is 23.0. The number of hydrogen-bond acceptors (Lipinski definition) is 3. The van der Waals surface area contributed by atoms with Crippen LogP contribution in [0.1, 0.15) is 31.4 Å². The van der Waals surface area contributed by atoms with Crippen LogP contribution in [0.25, 0.3) is 11.0 Å². The van der Waals surface area contributed by atoms with Gasteiger partial charge in [0.1, 0.15) is 11.3 Å². The molecule has 2 aromatic rings. The zero-order valence-corrected chi connectivity index (χ0v) is 11.3. The Morgan fingerprint density at radius 3 is 3.00 bits per heavy atom. The largest absolute Gasteiger partial charge is 0.481 e. The molecule has 1 saturated carbocycles. The van der Waals surface area contributed by atoms with Gasteiger partial charge in [0, 0.05) is 11.4 Å². The molecule has 1 fully saturated rings. The maximum Gasteiger partial charge on any atom is 0.306 e. The van der Waals surface area contributed by atoms with Gasteiger partial charge in [0.05, 0.1) is 12.5 Å². The first kappa shape index (κ1) is 13.2. The fourth-order valence-corrected chi connectivity index (χ4v) is 2.97. The van der Waals surface area contributed by atoms with Crippen LogP contribution in [0.3, 0.4) is 0 Å². The average molecular weight is 273 g/mol. The number of nitrogens with one attached hydrogen (secondary N) is 1. The predicted molar refractivity (Wildman–Crippen MR) is 76.4 cm³/mol. The van der Waals surface area contributed by atoms with Gasteiger partial charge in [-0.05, 0) is 31.4 Å². The lowest BCUT2D eigenvalue weighted by atomic mass is 9.86. The zero-order valence-electron chi connectivity index (χ0n) is 11.3. The number of carboxylic acid groups (broad SMARTS) is 1. The molecule has 0 radical (unpaired) electrons. The van der Waals surface area contributed by atoms with E-state index < -0.39 is 5.97 Å². The Bertz CT molecular complexity index is 572. The summed E-state index contributed by atoms with van der Waals surface area (Å²) in [6.45, 7) is 0.658. The van der Waals surface area contributed by atoms with E-state index in [2.05, 4.69) is 5.32 Å². The highest BCUT2D eigenvalue weighted by Gasteiger charge is 2.26. The minimum atomic E-state index is -0.666. The van der Waals surface area contributed by atoms with Crippen molar-refractivity contribution in [2.75, 3.05) is 0 Å². The van der Waals surface area contributed by atoms with E-state index in [1.807, 2.05) is 30.3 Å². The summed E-state index contributed by atoms with van der Waals surface area (Å²) in [6, 6.07) is 10.3. The van der Waals surface area contributed by atoms with Gasteiger partial charge in [-0.25, -0.2) is 0 Å². The van der Waals surface area contributed by atoms with Gasteiger partial charge < -0.3 is 14.8 Å². The molecule has 2 N–H and O–H groups in total. The minimum Gasteiger partial charge on any atom is -0.481 e. The fraction of sp³-hybridized carbons (Fsp3) is 0.438. The summed E-state index contributed by atoms with van der Waals surface area (Å²) in [5.41, 5.74) is 0.899. The van der Waals surface area contributed by atoms with Crippen LogP contribution in [0, 0.1) is 5.92 Å². The SMILES string of the molecule is O=C(O)C1CCCC(NCc2cc3ccccc3o2)C1. The molecule has 1 aliphatic carbocycles. The van der Waals surface area contributed by atoms with Crippen LogP contribution in [0.4, 0.5) is 0 Å². The summed E-state index contributed by atoms with van der Waals surface area (Å²) >= 11 is 0. The van der Waals surface area contributed by atoms with Crippen molar-refractivity contribution in [2.45, 2.75) is 38.3 Å². The van der Waals surface area contributed by atoms with Crippen LogP contribution in [-0.2, 0) is 11.3 Å². The Hall–Kier alpha value is -1.81. The molecule has 2 unspecified atom stereocenters. The maximum absolute atomic E-state index is 11.0. The number of para-hydroxylation sites is 1. The van der Waals surface area contributed by atoms with E-state index in [0.29, 0.717) is 6.54 Å². The predicted octanol–water partition coefficient (Wildman–Crippen LogP) is 3.17. The summed E-state index contributed by atoms with van der Waals surface area (Å²) < 4.78 is 5.75. The number of carboxylic acids is 1. The minimum absolute atomic E-state index is 0.197. The zero-order chi connectivity index (χ0) is 13.9. The van der Waals surface area contributed by atoms with Crippen LogP contribution in [0.2, 0.25) is 0 Å². The molecule has 0 saturated heterocycles. The van der Waals surface area contributed by atoms with Crippen LogP contribution in [0.15, 0.2) is 34.7 Å². The van der Waals surface area contributed by atoms with E-state index in [1.165, 1.54) is 0 Å². The topological polar surface area (TPSA) is 62.5 Å². The number of carbonyl (C=O) groups is 1. The van der Waals surface area contributed by atoms with Gasteiger partial charge in [0.2, 0.25) is 0 Å². The quantitative estimate of drug-likeness (QED) is 0.898. The summed E-state index contributed by atoms with van der Waals surface area (Å²) in [5, 5.41) is 13.6. The number of furan rings is 1. The first-order chi connectivity index (χ1) is 9.72. The van der Waals surface area contributed by atoms with Gasteiger partial charge in [-0.3, -0.25) is 4.79 Å². The Labute approximate surface area is 117 Å². The van der Waals surface area contributed by atoms with Gasteiger partial charge in [-0.15, -0.1) is 0 Å².